The van der Waals surface area contributed by atoms with Gasteiger partial charge in [0.1, 0.15) is 13.2 Å². The first-order valence-electron chi connectivity index (χ1n) is 29.2. The molecule has 0 bridgehead atoms. The predicted octanol–water partition coefficient (Wildman–Crippen LogP) is 16.8. The van der Waals surface area contributed by atoms with Gasteiger partial charge >= 0.3 is 17.9 Å². The van der Waals surface area contributed by atoms with Crippen LogP contribution >= 0.6 is 0 Å². The van der Waals surface area contributed by atoms with Crippen LogP contribution < -0.4 is 0 Å². The van der Waals surface area contributed by atoms with Gasteiger partial charge in [-0.05, 0) is 12.8 Å². The third-order valence-corrected chi connectivity index (χ3v) is 13.4. The molecule has 0 fully saturated rings. The van der Waals surface area contributed by atoms with E-state index in [1.54, 1.807) is 0 Å². The number of carbonyl (C=O) groups excluding carboxylic acids is 2. The first-order valence-corrected chi connectivity index (χ1v) is 29.2. The van der Waals surface area contributed by atoms with Gasteiger partial charge in [-0.1, -0.05) is 271 Å². The Morgan fingerprint density at radius 1 is 0.388 bits per heavy atom. The molecule has 0 aromatic rings. The zero-order valence-electron chi connectivity index (χ0n) is 45.3. The third-order valence-electron chi connectivity index (χ3n) is 13.4. The van der Waals surface area contributed by atoms with E-state index in [0.717, 1.165) is 38.5 Å². The second kappa shape index (κ2) is 50.7. The van der Waals surface area contributed by atoms with E-state index in [1.165, 1.54) is 231 Å². The molecule has 0 aromatic heterocycles. The van der Waals surface area contributed by atoms with Gasteiger partial charge in [-0.15, -0.1) is 0 Å². The SMILES string of the molecule is CCCCCCCCCCCCCCCCCCCCCCCCCCCCCCCCCCC(=O)OC(COC(=O)CCCCCCCCCCCC)COC(OCC[N+](C)(C)C)C(=O)O. The molecule has 0 rings (SSSR count). The van der Waals surface area contributed by atoms with Crippen molar-refractivity contribution in [3.63, 3.8) is 0 Å². The number of quaternary nitrogens is 1. The fraction of sp³-hybridized carbons (Fsp3) is 0.948. The summed E-state index contributed by atoms with van der Waals surface area (Å²) >= 11 is 0. The zero-order valence-corrected chi connectivity index (χ0v) is 45.3. The van der Waals surface area contributed by atoms with E-state index in [-0.39, 0.29) is 38.2 Å². The molecule has 2 atom stereocenters. The maximum atomic E-state index is 12.8. The Hall–Kier alpha value is -1.71. The quantitative estimate of drug-likeness (QED) is 0.0278. The normalized spacial score (nSPS) is 12.7. The number of esters is 2. The van der Waals surface area contributed by atoms with Crippen LogP contribution in [0.5, 0.6) is 0 Å². The van der Waals surface area contributed by atoms with Crippen molar-refractivity contribution in [3.05, 3.63) is 0 Å². The summed E-state index contributed by atoms with van der Waals surface area (Å²) in [5.41, 5.74) is 0. The van der Waals surface area contributed by atoms with Crippen LogP contribution in [0.15, 0.2) is 0 Å². The van der Waals surface area contributed by atoms with Gasteiger partial charge in [0.05, 0.1) is 34.4 Å². The maximum absolute atomic E-state index is 12.8. The standard InChI is InChI=1S/C58H113NO8/c1-6-8-10-12-14-16-18-19-20-21-22-23-24-25-26-27-28-29-30-31-32-33-34-35-36-37-38-39-41-43-45-47-49-56(61)67-54(53-66-58(57(62)63)64-51-50-59(3,4)5)52-65-55(60)48-46-44-42-40-17-15-13-11-9-7-2/h54,58H,6-53H2,1-5H3/p+1. The van der Waals surface area contributed by atoms with Gasteiger partial charge in [0.2, 0.25) is 0 Å². The molecule has 0 heterocycles. The van der Waals surface area contributed by atoms with Gasteiger partial charge in [0.25, 0.3) is 6.29 Å². The van der Waals surface area contributed by atoms with Gasteiger partial charge in [-0.2, -0.15) is 0 Å². The van der Waals surface area contributed by atoms with Crippen molar-refractivity contribution in [2.75, 3.05) is 47.5 Å². The van der Waals surface area contributed by atoms with Crippen LogP contribution in [-0.4, -0.2) is 87.4 Å². The number of carboxylic acid groups (broad SMARTS) is 1. The van der Waals surface area contributed by atoms with Crippen molar-refractivity contribution < 1.29 is 42.9 Å². The van der Waals surface area contributed by atoms with Crippen LogP contribution in [0.2, 0.25) is 0 Å². The van der Waals surface area contributed by atoms with Crippen molar-refractivity contribution in [2.24, 2.45) is 0 Å². The van der Waals surface area contributed by atoms with Crippen molar-refractivity contribution in [1.29, 1.82) is 0 Å². The number of ether oxygens (including phenoxy) is 4. The lowest BCUT2D eigenvalue weighted by Gasteiger charge is -2.25. The Labute approximate surface area is 415 Å². The molecule has 1 N–H and O–H groups in total. The lowest BCUT2D eigenvalue weighted by molar-refractivity contribution is -0.870. The van der Waals surface area contributed by atoms with Crippen LogP contribution in [0.3, 0.4) is 0 Å². The average Bonchev–Trinajstić information content (AvgIpc) is 3.29. The van der Waals surface area contributed by atoms with Crippen LogP contribution in [0.25, 0.3) is 0 Å². The van der Waals surface area contributed by atoms with Gasteiger partial charge < -0.3 is 28.5 Å². The monoisotopic (exact) mass is 953 g/mol. The smallest absolute Gasteiger partial charge is 0.361 e. The Balaban J connectivity index is 3.96. The number of rotatable bonds is 55. The highest BCUT2D eigenvalue weighted by Crippen LogP contribution is 2.18. The first-order chi connectivity index (χ1) is 32.6. The summed E-state index contributed by atoms with van der Waals surface area (Å²) < 4.78 is 22.8. The van der Waals surface area contributed by atoms with E-state index in [9.17, 15) is 19.5 Å². The lowest BCUT2D eigenvalue weighted by atomic mass is 10.0. The molecule has 0 aliphatic carbocycles. The number of hydrogen-bond donors (Lipinski definition) is 1. The van der Waals surface area contributed by atoms with Gasteiger partial charge in [-0.25, -0.2) is 4.79 Å². The molecule has 0 spiro atoms. The minimum atomic E-state index is -1.50. The number of hydrogen-bond acceptors (Lipinski definition) is 7. The van der Waals surface area contributed by atoms with Crippen LogP contribution in [0, 0.1) is 0 Å². The molecule has 0 amide bonds. The number of nitrogens with zero attached hydrogens (tertiary/aromatic N) is 1. The van der Waals surface area contributed by atoms with Crippen molar-refractivity contribution >= 4 is 17.9 Å². The topological polar surface area (TPSA) is 108 Å². The minimum Gasteiger partial charge on any atom is -0.477 e. The molecule has 0 aliphatic rings. The van der Waals surface area contributed by atoms with E-state index in [0.29, 0.717) is 17.4 Å². The molecule has 0 aromatic carbocycles. The summed E-state index contributed by atoms with van der Waals surface area (Å²) in [4.78, 5) is 37.2. The molecule has 0 saturated carbocycles. The van der Waals surface area contributed by atoms with E-state index < -0.39 is 18.4 Å². The molecular formula is C58H114NO8+. The second-order valence-corrected chi connectivity index (χ2v) is 21.3. The Morgan fingerprint density at radius 3 is 0.955 bits per heavy atom. The van der Waals surface area contributed by atoms with Crippen molar-refractivity contribution in [1.82, 2.24) is 0 Å². The van der Waals surface area contributed by atoms with E-state index in [2.05, 4.69) is 13.8 Å². The maximum Gasteiger partial charge on any atom is 0.361 e. The minimum absolute atomic E-state index is 0.173. The molecule has 0 saturated heterocycles. The summed E-state index contributed by atoms with van der Waals surface area (Å²) in [6, 6.07) is 0. The first kappa shape index (κ1) is 65.3. The third kappa shape index (κ3) is 52.0. The Bertz CT molecular complexity index is 1060. The molecule has 2 unspecified atom stereocenters. The number of likely N-dealkylation sites (N-methyl/N-ethyl adjacent to an activating group) is 1. The van der Waals surface area contributed by atoms with Gasteiger partial charge in [0.15, 0.2) is 6.10 Å². The fourth-order valence-corrected chi connectivity index (χ4v) is 8.84. The van der Waals surface area contributed by atoms with Gasteiger partial charge in [-0.3, -0.25) is 9.59 Å². The highest BCUT2D eigenvalue weighted by Gasteiger charge is 2.25. The summed E-state index contributed by atoms with van der Waals surface area (Å²) in [6.07, 6.45) is 53.6. The summed E-state index contributed by atoms with van der Waals surface area (Å²) in [5, 5.41) is 9.66. The Morgan fingerprint density at radius 2 is 0.672 bits per heavy atom. The number of unbranched alkanes of at least 4 members (excludes halogenated alkanes) is 40. The summed E-state index contributed by atoms with van der Waals surface area (Å²) in [6.45, 7) is 4.91. The van der Waals surface area contributed by atoms with Crippen LogP contribution in [-0.2, 0) is 33.3 Å². The van der Waals surface area contributed by atoms with E-state index in [4.69, 9.17) is 18.9 Å². The van der Waals surface area contributed by atoms with Crippen LogP contribution in [0.1, 0.15) is 296 Å². The van der Waals surface area contributed by atoms with E-state index in [1.807, 2.05) is 21.1 Å². The molecule has 398 valence electrons. The summed E-state index contributed by atoms with van der Waals surface area (Å²) in [5.74, 6) is -1.98. The molecule has 0 aliphatic heterocycles. The second-order valence-electron chi connectivity index (χ2n) is 21.3. The highest BCUT2D eigenvalue weighted by molar-refractivity contribution is 5.71. The number of aliphatic carboxylic acids is 1. The molecule has 67 heavy (non-hydrogen) atoms. The van der Waals surface area contributed by atoms with Crippen molar-refractivity contribution in [3.8, 4) is 0 Å². The highest BCUT2D eigenvalue weighted by atomic mass is 16.7. The van der Waals surface area contributed by atoms with Crippen molar-refractivity contribution in [2.45, 2.75) is 309 Å². The van der Waals surface area contributed by atoms with E-state index >= 15 is 0 Å². The molecule has 9 heteroatoms. The summed E-state index contributed by atoms with van der Waals surface area (Å²) in [7, 11) is 5.97. The lowest BCUT2D eigenvalue weighted by Crippen LogP contribution is -2.40. The molecular weight excluding hydrogens is 839 g/mol. The average molecular weight is 954 g/mol. The fourth-order valence-electron chi connectivity index (χ4n) is 8.84. The largest absolute Gasteiger partial charge is 0.477 e. The van der Waals surface area contributed by atoms with Crippen LogP contribution in [0.4, 0.5) is 0 Å². The van der Waals surface area contributed by atoms with Gasteiger partial charge in [0, 0.05) is 12.8 Å². The zero-order chi connectivity index (χ0) is 49.2. The molecule has 0 radical (unpaired) electrons. The predicted molar refractivity (Wildman–Crippen MR) is 282 cm³/mol. The molecule has 9 nitrogen and oxygen atoms in total. The number of carboxylic acids is 1. The Kier molecular flexibility index (Phi) is 49.4. The number of carbonyl (C=O) groups is 3.